The maximum atomic E-state index is 14.4. The predicted molar refractivity (Wildman–Crippen MR) is 69.9 cm³/mol. The topological polar surface area (TPSA) is 15.3 Å². The van der Waals surface area contributed by atoms with E-state index < -0.39 is 5.67 Å². The molecule has 2 nitrogen and oxygen atoms in total. The molecule has 2 fully saturated rings. The first-order valence-corrected chi connectivity index (χ1v) is 6.98. The molecule has 2 rings (SSSR count). The fraction of sp³-hybridized carbons (Fsp3) is 1.00. The molecule has 2 aliphatic rings. The predicted octanol–water partition coefficient (Wildman–Crippen LogP) is 2.45. The summed E-state index contributed by atoms with van der Waals surface area (Å²) in [6, 6.07) is 0. The van der Waals surface area contributed by atoms with Crippen LogP contribution in [0.5, 0.6) is 0 Å². The van der Waals surface area contributed by atoms with Crippen LogP contribution in [0.4, 0.5) is 4.39 Å². The Morgan fingerprint density at radius 1 is 1.24 bits per heavy atom. The molecule has 2 saturated heterocycles. The lowest BCUT2D eigenvalue weighted by molar-refractivity contribution is -0.0645. The number of alkyl halides is 1. The van der Waals surface area contributed by atoms with Gasteiger partial charge in [0.2, 0.25) is 0 Å². The second kappa shape index (κ2) is 4.85. The van der Waals surface area contributed by atoms with Crippen molar-refractivity contribution in [2.75, 3.05) is 32.7 Å². The van der Waals surface area contributed by atoms with Crippen LogP contribution in [0.3, 0.4) is 0 Å². The molecule has 2 heterocycles. The minimum atomic E-state index is -0.912. The maximum absolute atomic E-state index is 14.4. The first-order valence-electron chi connectivity index (χ1n) is 6.98. The summed E-state index contributed by atoms with van der Waals surface area (Å²) >= 11 is 0. The Bertz CT molecular complexity index is 247. The molecule has 0 saturated carbocycles. The van der Waals surface area contributed by atoms with Crippen LogP contribution in [0.25, 0.3) is 0 Å². The number of nitrogens with one attached hydrogen (secondary N) is 1. The molecular weight excluding hydrogens is 215 g/mol. The minimum Gasteiger partial charge on any atom is -0.317 e. The van der Waals surface area contributed by atoms with Gasteiger partial charge in [-0.15, -0.1) is 0 Å². The van der Waals surface area contributed by atoms with Crippen molar-refractivity contribution in [1.82, 2.24) is 10.2 Å². The van der Waals surface area contributed by atoms with Crippen LogP contribution in [0.2, 0.25) is 0 Å². The summed E-state index contributed by atoms with van der Waals surface area (Å²) in [5, 5.41) is 3.38. The molecule has 100 valence electrons. The summed E-state index contributed by atoms with van der Waals surface area (Å²) in [6.07, 6.45) is 3.22. The first-order chi connectivity index (χ1) is 7.86. The highest BCUT2D eigenvalue weighted by atomic mass is 19.1. The van der Waals surface area contributed by atoms with E-state index in [-0.39, 0.29) is 5.41 Å². The van der Waals surface area contributed by atoms with E-state index in [9.17, 15) is 4.39 Å². The van der Waals surface area contributed by atoms with Crippen molar-refractivity contribution in [3.05, 3.63) is 0 Å². The number of halogens is 1. The highest BCUT2D eigenvalue weighted by molar-refractivity contribution is 4.99. The van der Waals surface area contributed by atoms with Gasteiger partial charge in [0.15, 0.2) is 0 Å². The smallest absolute Gasteiger partial charge is 0.136 e. The van der Waals surface area contributed by atoms with Gasteiger partial charge in [-0.2, -0.15) is 0 Å². The molecule has 0 aliphatic carbocycles. The van der Waals surface area contributed by atoms with Crippen molar-refractivity contribution in [1.29, 1.82) is 0 Å². The lowest BCUT2D eigenvalue weighted by Gasteiger charge is -2.48. The average molecular weight is 242 g/mol. The first kappa shape index (κ1) is 13.3. The molecule has 0 radical (unpaired) electrons. The van der Waals surface area contributed by atoms with Gasteiger partial charge in [0.25, 0.3) is 0 Å². The van der Waals surface area contributed by atoms with E-state index in [2.05, 4.69) is 31.0 Å². The van der Waals surface area contributed by atoms with Crippen LogP contribution in [0.15, 0.2) is 0 Å². The molecule has 3 heteroatoms. The van der Waals surface area contributed by atoms with Crippen molar-refractivity contribution in [2.45, 2.75) is 45.7 Å². The summed E-state index contributed by atoms with van der Waals surface area (Å²) in [6.45, 7) is 11.1. The van der Waals surface area contributed by atoms with E-state index in [1.807, 2.05) is 0 Å². The zero-order valence-corrected chi connectivity index (χ0v) is 11.6. The third-order valence-corrected chi connectivity index (χ3v) is 3.84. The average Bonchev–Trinajstić information content (AvgIpc) is 2.14. The monoisotopic (exact) mass is 242 g/mol. The number of nitrogens with zero attached hydrogens (tertiary/aromatic N) is 1. The number of hydrogen-bond donors (Lipinski definition) is 1. The standard InChI is InChI=1S/C14H27FN2/c1-13(2,3)9-14(15)10-17(11-14)8-12-4-6-16-7-5-12/h12,16H,4-11H2,1-3H3. The SMILES string of the molecule is CC(C)(C)CC1(F)CN(CC2CCNCC2)C1. The molecule has 1 N–H and O–H groups in total. The normalized spacial score (nSPS) is 26.8. The molecule has 0 atom stereocenters. The van der Waals surface area contributed by atoms with Crippen LogP contribution >= 0.6 is 0 Å². The van der Waals surface area contributed by atoms with E-state index in [4.69, 9.17) is 0 Å². The van der Waals surface area contributed by atoms with Crippen LogP contribution in [-0.4, -0.2) is 43.3 Å². The van der Waals surface area contributed by atoms with Crippen LogP contribution in [-0.2, 0) is 0 Å². The minimum absolute atomic E-state index is 0.107. The van der Waals surface area contributed by atoms with Gasteiger partial charge >= 0.3 is 0 Å². The zero-order valence-electron chi connectivity index (χ0n) is 11.6. The molecular formula is C14H27FN2. The largest absolute Gasteiger partial charge is 0.317 e. The summed E-state index contributed by atoms with van der Waals surface area (Å²) in [4.78, 5) is 2.31. The molecule has 0 aromatic carbocycles. The fourth-order valence-corrected chi connectivity index (χ4v) is 3.38. The lowest BCUT2D eigenvalue weighted by atomic mass is 9.78. The summed E-state index contributed by atoms with van der Waals surface area (Å²) in [5.74, 6) is 0.787. The Morgan fingerprint density at radius 3 is 2.35 bits per heavy atom. The number of rotatable bonds is 3. The van der Waals surface area contributed by atoms with Crippen molar-refractivity contribution < 1.29 is 4.39 Å². The molecule has 0 bridgehead atoms. The summed E-state index contributed by atoms with van der Waals surface area (Å²) < 4.78 is 14.4. The highest BCUT2D eigenvalue weighted by Crippen LogP contribution is 2.37. The molecule has 0 unspecified atom stereocenters. The van der Waals surface area contributed by atoms with Crippen LogP contribution in [0.1, 0.15) is 40.0 Å². The Hall–Kier alpha value is -0.150. The molecule has 0 spiro atoms. The quantitative estimate of drug-likeness (QED) is 0.818. The van der Waals surface area contributed by atoms with Gasteiger partial charge in [-0.1, -0.05) is 20.8 Å². The lowest BCUT2D eigenvalue weighted by Crippen LogP contribution is -2.61. The second-order valence-corrected chi connectivity index (χ2v) is 7.25. The van der Waals surface area contributed by atoms with Crippen molar-refractivity contribution in [3.63, 3.8) is 0 Å². The Morgan fingerprint density at radius 2 is 1.82 bits per heavy atom. The van der Waals surface area contributed by atoms with Gasteiger partial charge < -0.3 is 5.32 Å². The van der Waals surface area contributed by atoms with Gasteiger partial charge in [0.1, 0.15) is 5.67 Å². The van der Waals surface area contributed by atoms with Gasteiger partial charge in [-0.05, 0) is 43.7 Å². The number of likely N-dealkylation sites (tertiary alicyclic amines) is 1. The second-order valence-electron chi connectivity index (χ2n) is 7.25. The van der Waals surface area contributed by atoms with E-state index >= 15 is 0 Å². The summed E-state index contributed by atoms with van der Waals surface area (Å²) in [7, 11) is 0. The van der Waals surface area contributed by atoms with Crippen LogP contribution < -0.4 is 5.32 Å². The number of hydrogen-bond acceptors (Lipinski definition) is 2. The van der Waals surface area contributed by atoms with Gasteiger partial charge in [-0.25, -0.2) is 4.39 Å². The Kier molecular flexibility index (Phi) is 3.79. The van der Waals surface area contributed by atoms with Crippen molar-refractivity contribution in [2.24, 2.45) is 11.3 Å². The third-order valence-electron chi connectivity index (χ3n) is 3.84. The van der Waals surface area contributed by atoms with Crippen molar-refractivity contribution >= 4 is 0 Å². The van der Waals surface area contributed by atoms with E-state index in [0.29, 0.717) is 19.5 Å². The Balaban J connectivity index is 1.70. The van der Waals surface area contributed by atoms with Crippen molar-refractivity contribution in [3.8, 4) is 0 Å². The van der Waals surface area contributed by atoms with Crippen LogP contribution in [0, 0.1) is 11.3 Å². The van der Waals surface area contributed by atoms with Gasteiger partial charge in [0.05, 0.1) is 0 Å². The summed E-state index contributed by atoms with van der Waals surface area (Å²) in [5.41, 5.74) is -0.805. The van der Waals surface area contributed by atoms with Gasteiger partial charge in [0, 0.05) is 19.6 Å². The zero-order chi connectivity index (χ0) is 12.5. The third kappa shape index (κ3) is 3.92. The van der Waals surface area contributed by atoms with E-state index in [0.717, 1.165) is 25.6 Å². The maximum Gasteiger partial charge on any atom is 0.136 e. The molecule has 0 amide bonds. The molecule has 2 aliphatic heterocycles. The van der Waals surface area contributed by atoms with E-state index in [1.165, 1.54) is 12.8 Å². The molecule has 0 aromatic rings. The van der Waals surface area contributed by atoms with E-state index in [1.54, 1.807) is 0 Å². The number of piperidine rings is 1. The van der Waals surface area contributed by atoms with Gasteiger partial charge in [-0.3, -0.25) is 4.90 Å². The molecule has 0 aromatic heterocycles. The highest BCUT2D eigenvalue weighted by Gasteiger charge is 2.45. The Labute approximate surface area is 105 Å². The molecule has 17 heavy (non-hydrogen) atoms. The fourth-order valence-electron chi connectivity index (χ4n) is 3.38.